The zero-order chi connectivity index (χ0) is 9.68. The smallest absolute Gasteiger partial charge is 0.0592 e. The summed E-state index contributed by atoms with van der Waals surface area (Å²) < 4.78 is 0. The predicted octanol–water partition coefficient (Wildman–Crippen LogP) is 0.828. The zero-order valence-corrected chi connectivity index (χ0v) is 8.01. The van der Waals surface area contributed by atoms with Gasteiger partial charge in [0.2, 0.25) is 0 Å². The molecule has 0 amide bonds. The van der Waals surface area contributed by atoms with Crippen molar-refractivity contribution >= 4 is 0 Å². The van der Waals surface area contributed by atoms with E-state index in [2.05, 4.69) is 17.2 Å². The molecular weight excluding hydrogens is 162 g/mol. The minimum Gasteiger partial charge on any atom is -0.405 e. The molecular formula is C10H17N3. The molecule has 0 heterocycles. The van der Waals surface area contributed by atoms with Crippen LogP contribution in [0.25, 0.3) is 0 Å². The van der Waals surface area contributed by atoms with Crippen LogP contribution in [0.2, 0.25) is 0 Å². The summed E-state index contributed by atoms with van der Waals surface area (Å²) in [6.45, 7) is 3.73. The van der Waals surface area contributed by atoms with Gasteiger partial charge in [-0.2, -0.15) is 0 Å². The molecule has 0 aromatic rings. The second-order valence-electron chi connectivity index (χ2n) is 3.06. The lowest BCUT2D eigenvalue weighted by Gasteiger charge is -2.10. The second-order valence-corrected chi connectivity index (χ2v) is 3.06. The van der Waals surface area contributed by atoms with Crippen LogP contribution in [-0.2, 0) is 0 Å². The first kappa shape index (κ1) is 9.71. The van der Waals surface area contributed by atoms with E-state index >= 15 is 0 Å². The molecule has 0 aromatic carbocycles. The van der Waals surface area contributed by atoms with Crippen LogP contribution in [-0.4, -0.2) is 13.1 Å². The van der Waals surface area contributed by atoms with Gasteiger partial charge in [0.15, 0.2) is 0 Å². The molecule has 1 fully saturated rings. The summed E-state index contributed by atoms with van der Waals surface area (Å²) in [7, 11) is 1.87. The Morgan fingerprint density at radius 1 is 1.46 bits per heavy atom. The Bertz CT molecular complexity index is 237. The SMILES string of the molecule is C=C/C(NC)=C(\C=C/N)NC1CC1. The first-order valence-corrected chi connectivity index (χ1v) is 4.51. The Kier molecular flexibility index (Phi) is 3.43. The Morgan fingerprint density at radius 2 is 2.15 bits per heavy atom. The van der Waals surface area contributed by atoms with Gasteiger partial charge in [-0.15, -0.1) is 0 Å². The number of nitrogens with one attached hydrogen (secondary N) is 2. The van der Waals surface area contributed by atoms with Crippen molar-refractivity contribution in [2.24, 2.45) is 5.73 Å². The number of allylic oxidation sites excluding steroid dienone is 2. The van der Waals surface area contributed by atoms with Crippen LogP contribution in [0.4, 0.5) is 0 Å². The van der Waals surface area contributed by atoms with Crippen molar-refractivity contribution in [1.82, 2.24) is 10.6 Å². The standard InChI is InChI=1S/C10H17N3/c1-3-9(12-2)10(6-7-11)13-8-4-5-8/h3,6-8,12-13H,1,4-5,11H2,2H3/b7-6-,10-9-. The lowest BCUT2D eigenvalue weighted by molar-refractivity contribution is 0.801. The molecule has 1 saturated carbocycles. The highest BCUT2D eigenvalue weighted by Crippen LogP contribution is 2.21. The average molecular weight is 179 g/mol. The van der Waals surface area contributed by atoms with Gasteiger partial charge in [0, 0.05) is 13.1 Å². The minimum absolute atomic E-state index is 0.620. The Hall–Kier alpha value is -1.38. The molecule has 0 saturated heterocycles. The van der Waals surface area contributed by atoms with E-state index in [1.807, 2.05) is 13.1 Å². The number of rotatable bonds is 5. The molecule has 72 valence electrons. The lowest BCUT2D eigenvalue weighted by Crippen LogP contribution is -2.20. The van der Waals surface area contributed by atoms with Crippen LogP contribution in [0, 0.1) is 0 Å². The molecule has 0 aromatic heterocycles. The number of hydrogen-bond acceptors (Lipinski definition) is 3. The van der Waals surface area contributed by atoms with Crippen molar-refractivity contribution in [3.05, 3.63) is 36.3 Å². The van der Waals surface area contributed by atoms with E-state index in [9.17, 15) is 0 Å². The van der Waals surface area contributed by atoms with Gasteiger partial charge < -0.3 is 16.4 Å². The van der Waals surface area contributed by atoms with Gasteiger partial charge in [-0.05, 0) is 31.2 Å². The molecule has 0 atom stereocenters. The van der Waals surface area contributed by atoms with Crippen LogP contribution >= 0.6 is 0 Å². The predicted molar refractivity (Wildman–Crippen MR) is 55.8 cm³/mol. The van der Waals surface area contributed by atoms with Crippen LogP contribution in [0.1, 0.15) is 12.8 Å². The van der Waals surface area contributed by atoms with Gasteiger partial charge in [-0.25, -0.2) is 0 Å². The Labute approximate surface area is 79.4 Å². The van der Waals surface area contributed by atoms with Gasteiger partial charge in [0.25, 0.3) is 0 Å². The van der Waals surface area contributed by atoms with Crippen LogP contribution in [0.3, 0.4) is 0 Å². The third-order valence-corrected chi connectivity index (χ3v) is 1.96. The molecule has 4 N–H and O–H groups in total. The van der Waals surface area contributed by atoms with Crippen molar-refractivity contribution in [3.63, 3.8) is 0 Å². The topological polar surface area (TPSA) is 50.1 Å². The maximum atomic E-state index is 5.36. The average Bonchev–Trinajstić information content (AvgIpc) is 2.91. The third kappa shape index (κ3) is 2.86. The van der Waals surface area contributed by atoms with Crippen molar-refractivity contribution in [3.8, 4) is 0 Å². The van der Waals surface area contributed by atoms with E-state index in [1.165, 1.54) is 19.0 Å². The van der Waals surface area contributed by atoms with Gasteiger partial charge >= 0.3 is 0 Å². The van der Waals surface area contributed by atoms with E-state index in [1.54, 1.807) is 6.08 Å². The summed E-state index contributed by atoms with van der Waals surface area (Å²) in [5.41, 5.74) is 7.35. The van der Waals surface area contributed by atoms with E-state index in [0.717, 1.165) is 11.4 Å². The molecule has 1 aliphatic rings. The molecule has 0 unspecified atom stereocenters. The fourth-order valence-electron chi connectivity index (χ4n) is 1.11. The van der Waals surface area contributed by atoms with Crippen molar-refractivity contribution in [1.29, 1.82) is 0 Å². The van der Waals surface area contributed by atoms with E-state index < -0.39 is 0 Å². The molecule has 3 heteroatoms. The quantitative estimate of drug-likeness (QED) is 0.548. The largest absolute Gasteiger partial charge is 0.405 e. The fourth-order valence-corrected chi connectivity index (χ4v) is 1.11. The number of nitrogens with two attached hydrogens (primary N) is 1. The summed E-state index contributed by atoms with van der Waals surface area (Å²) in [4.78, 5) is 0. The maximum Gasteiger partial charge on any atom is 0.0592 e. The monoisotopic (exact) mass is 179 g/mol. The Balaban J connectivity index is 2.71. The summed E-state index contributed by atoms with van der Waals surface area (Å²) in [5.74, 6) is 0. The van der Waals surface area contributed by atoms with Gasteiger partial charge in [0.1, 0.15) is 0 Å². The lowest BCUT2D eigenvalue weighted by atomic mass is 10.3. The number of hydrogen-bond donors (Lipinski definition) is 3. The van der Waals surface area contributed by atoms with Crippen molar-refractivity contribution < 1.29 is 0 Å². The van der Waals surface area contributed by atoms with Crippen LogP contribution in [0.15, 0.2) is 36.3 Å². The highest BCUT2D eigenvalue weighted by molar-refractivity contribution is 5.30. The van der Waals surface area contributed by atoms with Gasteiger partial charge in [-0.1, -0.05) is 6.58 Å². The zero-order valence-electron chi connectivity index (χ0n) is 8.01. The third-order valence-electron chi connectivity index (χ3n) is 1.96. The van der Waals surface area contributed by atoms with Crippen molar-refractivity contribution in [2.45, 2.75) is 18.9 Å². The highest BCUT2D eigenvalue weighted by atomic mass is 15.0. The number of likely N-dealkylation sites (N-methyl/N-ethyl adjacent to an activating group) is 1. The molecule has 1 aliphatic carbocycles. The van der Waals surface area contributed by atoms with E-state index in [0.29, 0.717) is 6.04 Å². The van der Waals surface area contributed by atoms with Crippen LogP contribution in [0.5, 0.6) is 0 Å². The maximum absolute atomic E-state index is 5.36. The van der Waals surface area contributed by atoms with Crippen molar-refractivity contribution in [2.75, 3.05) is 7.05 Å². The molecule has 1 rings (SSSR count). The molecule has 0 aliphatic heterocycles. The second kappa shape index (κ2) is 4.60. The van der Waals surface area contributed by atoms with Crippen LogP contribution < -0.4 is 16.4 Å². The normalized spacial score (nSPS) is 18.2. The van der Waals surface area contributed by atoms with E-state index in [-0.39, 0.29) is 0 Å². The first-order chi connectivity index (χ1) is 6.31. The first-order valence-electron chi connectivity index (χ1n) is 4.51. The highest BCUT2D eigenvalue weighted by Gasteiger charge is 2.21. The fraction of sp³-hybridized carbons (Fsp3) is 0.400. The summed E-state index contributed by atoms with van der Waals surface area (Å²) >= 11 is 0. The molecule has 0 radical (unpaired) electrons. The summed E-state index contributed by atoms with van der Waals surface area (Å²) in [6, 6.07) is 0.620. The molecule has 0 spiro atoms. The summed E-state index contributed by atoms with van der Waals surface area (Å²) in [5, 5.41) is 6.43. The van der Waals surface area contributed by atoms with Gasteiger partial charge in [-0.3, -0.25) is 0 Å². The Morgan fingerprint density at radius 3 is 2.54 bits per heavy atom. The molecule has 13 heavy (non-hydrogen) atoms. The molecule has 3 nitrogen and oxygen atoms in total. The summed E-state index contributed by atoms with van der Waals surface area (Å²) in [6.07, 6.45) is 7.66. The van der Waals surface area contributed by atoms with Gasteiger partial charge in [0.05, 0.1) is 11.4 Å². The van der Waals surface area contributed by atoms with E-state index in [4.69, 9.17) is 5.73 Å². The minimum atomic E-state index is 0.620. The molecule has 0 bridgehead atoms.